The van der Waals surface area contributed by atoms with Crippen molar-refractivity contribution < 1.29 is 9.90 Å². The van der Waals surface area contributed by atoms with Gasteiger partial charge in [0.1, 0.15) is 5.52 Å². The molecule has 144 valence electrons. The molecule has 7 nitrogen and oxygen atoms in total. The minimum atomic E-state index is -0.566. The molecule has 27 heavy (non-hydrogen) atoms. The van der Waals surface area contributed by atoms with Crippen molar-refractivity contribution in [3.8, 4) is 0 Å². The molecule has 1 N–H and O–H groups in total. The second kappa shape index (κ2) is 7.38. The van der Waals surface area contributed by atoms with Gasteiger partial charge >= 0.3 is 0 Å². The van der Waals surface area contributed by atoms with Gasteiger partial charge in [0.15, 0.2) is 0 Å². The van der Waals surface area contributed by atoms with Crippen molar-refractivity contribution in [3.63, 3.8) is 0 Å². The molecule has 1 aliphatic heterocycles. The average molecular weight is 370 g/mol. The minimum Gasteiger partial charge on any atom is -0.389 e. The second-order valence-corrected chi connectivity index (χ2v) is 7.87. The summed E-state index contributed by atoms with van der Waals surface area (Å²) >= 11 is 0. The van der Waals surface area contributed by atoms with Crippen LogP contribution in [-0.4, -0.2) is 49.6 Å². The molecule has 1 saturated heterocycles. The van der Waals surface area contributed by atoms with Crippen LogP contribution in [0, 0.1) is 5.92 Å². The summed E-state index contributed by atoms with van der Waals surface area (Å²) in [6.07, 6.45) is 5.70. The Kier molecular flexibility index (Phi) is 4.95. The number of benzene rings is 1. The first-order valence-corrected chi connectivity index (χ1v) is 9.89. The van der Waals surface area contributed by atoms with Crippen LogP contribution >= 0.6 is 0 Å². The lowest BCUT2D eigenvalue weighted by Crippen LogP contribution is -2.54. The Morgan fingerprint density at radius 1 is 1.26 bits per heavy atom. The summed E-state index contributed by atoms with van der Waals surface area (Å²) in [5.41, 5.74) is -0.148. The van der Waals surface area contributed by atoms with E-state index in [0.717, 1.165) is 25.7 Å². The molecule has 1 amide bonds. The number of rotatable bonds is 4. The smallest absolute Gasteiger partial charge is 0.277 e. The van der Waals surface area contributed by atoms with Gasteiger partial charge in [0, 0.05) is 32.0 Å². The number of aromatic nitrogens is 3. The first kappa shape index (κ1) is 18.1. The van der Waals surface area contributed by atoms with Crippen molar-refractivity contribution in [2.75, 3.05) is 13.1 Å². The Bertz CT molecular complexity index is 896. The molecular weight excluding hydrogens is 344 g/mol. The zero-order valence-electron chi connectivity index (χ0n) is 15.5. The zero-order chi connectivity index (χ0) is 18.9. The molecule has 2 aromatic rings. The quantitative estimate of drug-likeness (QED) is 0.885. The molecule has 4 rings (SSSR count). The number of aliphatic hydroxyl groups is 1. The molecular formula is C20H26N4O3. The maximum atomic E-state index is 12.6. The highest BCUT2D eigenvalue weighted by molar-refractivity contribution is 5.77. The van der Waals surface area contributed by atoms with E-state index < -0.39 is 5.60 Å². The SMILES string of the molecule is O=C(CCCn1nnc2ccccc2c1=O)N1CC[C@@]2(O)CCCC[C@@H]2C1. The molecule has 2 atom stereocenters. The number of aryl methyl sites for hydroxylation is 1. The molecule has 2 heterocycles. The highest BCUT2D eigenvalue weighted by atomic mass is 16.3. The van der Waals surface area contributed by atoms with Crippen molar-refractivity contribution >= 4 is 16.8 Å². The highest BCUT2D eigenvalue weighted by Gasteiger charge is 2.43. The van der Waals surface area contributed by atoms with Gasteiger partial charge in [0.05, 0.1) is 11.0 Å². The average Bonchev–Trinajstić information content (AvgIpc) is 2.69. The van der Waals surface area contributed by atoms with Crippen molar-refractivity contribution in [3.05, 3.63) is 34.6 Å². The summed E-state index contributed by atoms with van der Waals surface area (Å²) < 4.78 is 1.34. The number of carbonyl (C=O) groups is 1. The lowest BCUT2D eigenvalue weighted by molar-refractivity contribution is -0.143. The fourth-order valence-corrected chi connectivity index (χ4v) is 4.51. The number of hydrogen-bond donors (Lipinski definition) is 1. The normalized spacial score (nSPS) is 25.4. The predicted octanol–water partition coefficient (Wildman–Crippen LogP) is 1.73. The number of amides is 1. The third-order valence-corrected chi connectivity index (χ3v) is 6.17. The Balaban J connectivity index is 1.34. The summed E-state index contributed by atoms with van der Waals surface area (Å²) in [6, 6.07) is 7.14. The van der Waals surface area contributed by atoms with Gasteiger partial charge in [-0.05, 0) is 37.8 Å². The third-order valence-electron chi connectivity index (χ3n) is 6.17. The molecule has 2 aliphatic rings. The molecule has 0 unspecified atom stereocenters. The Labute approximate surface area is 158 Å². The predicted molar refractivity (Wildman–Crippen MR) is 101 cm³/mol. The maximum absolute atomic E-state index is 12.6. The monoisotopic (exact) mass is 370 g/mol. The Morgan fingerprint density at radius 2 is 2.11 bits per heavy atom. The summed E-state index contributed by atoms with van der Waals surface area (Å²) in [6.45, 7) is 1.66. The highest BCUT2D eigenvalue weighted by Crippen LogP contribution is 2.39. The molecule has 0 bridgehead atoms. The van der Waals surface area contributed by atoms with Gasteiger partial charge in [-0.15, -0.1) is 5.10 Å². The third kappa shape index (κ3) is 3.60. The molecule has 1 aromatic carbocycles. The largest absolute Gasteiger partial charge is 0.389 e. The van der Waals surface area contributed by atoms with E-state index in [1.165, 1.54) is 4.68 Å². The number of piperidine rings is 1. The van der Waals surface area contributed by atoms with Crippen molar-refractivity contribution in [2.45, 2.75) is 57.1 Å². The van der Waals surface area contributed by atoms with Gasteiger partial charge in [-0.3, -0.25) is 9.59 Å². The van der Waals surface area contributed by atoms with Crippen LogP contribution in [0.1, 0.15) is 44.9 Å². The van der Waals surface area contributed by atoms with Gasteiger partial charge < -0.3 is 10.0 Å². The van der Waals surface area contributed by atoms with Crippen LogP contribution < -0.4 is 5.56 Å². The van der Waals surface area contributed by atoms with Gasteiger partial charge in [-0.25, -0.2) is 4.68 Å². The molecule has 1 saturated carbocycles. The fraction of sp³-hybridized carbons (Fsp3) is 0.600. The van der Waals surface area contributed by atoms with Crippen molar-refractivity contribution in [1.29, 1.82) is 0 Å². The van der Waals surface area contributed by atoms with Crippen LogP contribution in [-0.2, 0) is 11.3 Å². The minimum absolute atomic E-state index is 0.101. The van der Waals surface area contributed by atoms with Crippen LogP contribution in [0.3, 0.4) is 0 Å². The first-order valence-electron chi connectivity index (χ1n) is 9.89. The number of carbonyl (C=O) groups excluding carboxylic acids is 1. The van der Waals surface area contributed by atoms with Crippen LogP contribution in [0.15, 0.2) is 29.1 Å². The van der Waals surface area contributed by atoms with Crippen LogP contribution in [0.4, 0.5) is 0 Å². The molecule has 7 heteroatoms. The van der Waals surface area contributed by atoms with E-state index in [4.69, 9.17) is 0 Å². The summed E-state index contributed by atoms with van der Waals surface area (Å²) in [5, 5.41) is 19.3. The molecule has 2 fully saturated rings. The van der Waals surface area contributed by atoms with E-state index in [2.05, 4.69) is 10.3 Å². The summed E-state index contributed by atoms with van der Waals surface area (Å²) in [7, 11) is 0. The van der Waals surface area contributed by atoms with Crippen molar-refractivity contribution in [1.82, 2.24) is 19.9 Å². The van der Waals surface area contributed by atoms with E-state index >= 15 is 0 Å². The molecule has 1 aromatic heterocycles. The van der Waals surface area contributed by atoms with E-state index in [0.29, 0.717) is 49.8 Å². The van der Waals surface area contributed by atoms with Gasteiger partial charge in [-0.1, -0.05) is 30.2 Å². The lowest BCUT2D eigenvalue weighted by atomic mass is 9.71. The Morgan fingerprint density at radius 3 is 3.00 bits per heavy atom. The first-order chi connectivity index (χ1) is 13.1. The topological polar surface area (TPSA) is 88.3 Å². The van der Waals surface area contributed by atoms with E-state index in [-0.39, 0.29) is 17.4 Å². The molecule has 0 radical (unpaired) electrons. The van der Waals surface area contributed by atoms with Crippen LogP contribution in [0.5, 0.6) is 0 Å². The van der Waals surface area contributed by atoms with Crippen molar-refractivity contribution in [2.24, 2.45) is 5.92 Å². The van der Waals surface area contributed by atoms with Crippen LogP contribution in [0.2, 0.25) is 0 Å². The number of hydrogen-bond acceptors (Lipinski definition) is 5. The van der Waals surface area contributed by atoms with Gasteiger partial charge in [-0.2, -0.15) is 0 Å². The standard InChI is InChI=1S/C20H26N4O3/c25-18(23-13-11-20(27)10-4-3-6-15(20)14-23)9-5-12-24-19(26)16-7-1-2-8-17(16)21-22-24/h1-2,7-8,15,27H,3-6,9-14H2/t15-,20+/m1/s1. The Hall–Kier alpha value is -2.28. The lowest BCUT2D eigenvalue weighted by Gasteiger charge is -2.47. The number of fused-ring (bicyclic) bond motifs is 2. The van der Waals surface area contributed by atoms with Crippen LogP contribution in [0.25, 0.3) is 10.9 Å². The fourth-order valence-electron chi connectivity index (χ4n) is 4.51. The van der Waals surface area contributed by atoms with Gasteiger partial charge in [0.25, 0.3) is 5.56 Å². The van der Waals surface area contributed by atoms with E-state index in [1.807, 2.05) is 17.0 Å². The second-order valence-electron chi connectivity index (χ2n) is 7.87. The number of nitrogens with zero attached hydrogens (tertiary/aromatic N) is 4. The number of likely N-dealkylation sites (tertiary alicyclic amines) is 1. The summed E-state index contributed by atoms with van der Waals surface area (Å²) in [5.74, 6) is 0.308. The van der Waals surface area contributed by atoms with Gasteiger partial charge in [0.2, 0.25) is 5.91 Å². The van der Waals surface area contributed by atoms with E-state index in [9.17, 15) is 14.7 Å². The zero-order valence-corrected chi connectivity index (χ0v) is 15.5. The molecule has 0 spiro atoms. The molecule has 1 aliphatic carbocycles. The maximum Gasteiger partial charge on any atom is 0.277 e. The summed E-state index contributed by atoms with van der Waals surface area (Å²) in [4.78, 5) is 26.9. The van der Waals surface area contributed by atoms with E-state index in [1.54, 1.807) is 12.1 Å².